The summed E-state index contributed by atoms with van der Waals surface area (Å²) in [4.78, 5) is 1.35. The lowest BCUT2D eigenvalue weighted by Gasteiger charge is -2.08. The third kappa shape index (κ3) is 7.04. The highest BCUT2D eigenvalue weighted by atomic mass is 32.2. The third-order valence-electron chi connectivity index (χ3n) is 2.64. The minimum Gasteiger partial charge on any atom is -0.328 e. The molecule has 2 nitrogen and oxygen atoms in total. The van der Waals surface area contributed by atoms with E-state index in [1.807, 2.05) is 11.8 Å². The van der Waals surface area contributed by atoms with Gasteiger partial charge in [0.2, 0.25) is 0 Å². The van der Waals surface area contributed by atoms with Crippen molar-refractivity contribution in [3.8, 4) is 0 Å². The van der Waals surface area contributed by atoms with Crippen molar-refractivity contribution in [2.24, 2.45) is 5.73 Å². The Morgan fingerprint density at radius 1 is 1.17 bits per heavy atom. The van der Waals surface area contributed by atoms with Gasteiger partial charge in [-0.1, -0.05) is 26.0 Å². The zero-order chi connectivity index (χ0) is 13.4. The van der Waals surface area contributed by atoms with E-state index in [4.69, 9.17) is 5.73 Å². The lowest BCUT2D eigenvalue weighted by atomic mass is 10.2. The Kier molecular flexibility index (Phi) is 7.40. The lowest BCUT2D eigenvalue weighted by molar-refractivity contribution is 0.574. The van der Waals surface area contributed by atoms with E-state index in [1.165, 1.54) is 10.5 Å². The van der Waals surface area contributed by atoms with Gasteiger partial charge in [0.1, 0.15) is 0 Å². The molecule has 1 unspecified atom stereocenters. The maximum atomic E-state index is 5.71. The summed E-state index contributed by atoms with van der Waals surface area (Å²) in [5, 5.41) is 4.10. The molecule has 0 heterocycles. The van der Waals surface area contributed by atoms with Crippen LogP contribution in [-0.4, -0.2) is 17.8 Å². The molecular weight excluding hydrogens is 240 g/mol. The first-order valence-corrected chi connectivity index (χ1v) is 7.68. The Morgan fingerprint density at radius 3 is 2.39 bits per heavy atom. The van der Waals surface area contributed by atoms with Crippen LogP contribution in [0.25, 0.3) is 0 Å². The van der Waals surface area contributed by atoms with Crippen molar-refractivity contribution in [1.29, 1.82) is 0 Å². The Labute approximate surface area is 116 Å². The second-order valence-electron chi connectivity index (χ2n) is 5.11. The molecule has 0 bridgehead atoms. The van der Waals surface area contributed by atoms with Crippen molar-refractivity contribution >= 4 is 11.8 Å². The highest BCUT2D eigenvalue weighted by Crippen LogP contribution is 2.22. The maximum absolute atomic E-state index is 5.71. The van der Waals surface area contributed by atoms with Crippen molar-refractivity contribution < 1.29 is 0 Å². The van der Waals surface area contributed by atoms with Gasteiger partial charge in [-0.05, 0) is 44.0 Å². The average molecular weight is 266 g/mol. The van der Waals surface area contributed by atoms with Crippen LogP contribution in [0.4, 0.5) is 0 Å². The highest BCUT2D eigenvalue weighted by molar-refractivity contribution is 7.99. The molecule has 1 atom stereocenters. The fourth-order valence-corrected chi connectivity index (χ4v) is 2.58. The van der Waals surface area contributed by atoms with Crippen LogP contribution in [0.2, 0.25) is 0 Å². The van der Waals surface area contributed by atoms with Crippen LogP contribution in [0.3, 0.4) is 0 Å². The summed E-state index contributed by atoms with van der Waals surface area (Å²) in [5.74, 6) is 0. The molecule has 0 amide bonds. The molecule has 0 fully saturated rings. The van der Waals surface area contributed by atoms with Crippen LogP contribution < -0.4 is 11.1 Å². The fraction of sp³-hybridized carbons (Fsp3) is 0.600. The summed E-state index contributed by atoms with van der Waals surface area (Å²) < 4.78 is 0. The minimum absolute atomic E-state index is 0.319. The van der Waals surface area contributed by atoms with Crippen molar-refractivity contribution in [2.75, 3.05) is 6.54 Å². The summed E-state index contributed by atoms with van der Waals surface area (Å²) in [6.07, 6.45) is 2.25. The number of nitrogens with two attached hydrogens (primary N) is 1. The molecule has 0 aliphatic heterocycles. The van der Waals surface area contributed by atoms with Gasteiger partial charge < -0.3 is 11.1 Å². The summed E-state index contributed by atoms with van der Waals surface area (Å²) in [5.41, 5.74) is 7.06. The van der Waals surface area contributed by atoms with Gasteiger partial charge >= 0.3 is 0 Å². The van der Waals surface area contributed by atoms with Crippen LogP contribution >= 0.6 is 11.8 Å². The molecule has 1 aromatic carbocycles. The first-order valence-electron chi connectivity index (χ1n) is 6.80. The van der Waals surface area contributed by atoms with Crippen LogP contribution in [0, 0.1) is 0 Å². The van der Waals surface area contributed by atoms with Crippen molar-refractivity contribution in [1.82, 2.24) is 5.32 Å². The molecule has 1 rings (SSSR count). The number of thioether (sulfide) groups is 1. The van der Waals surface area contributed by atoms with E-state index in [1.54, 1.807) is 0 Å². The number of nitrogens with one attached hydrogen (secondary N) is 1. The molecule has 0 aliphatic rings. The summed E-state index contributed by atoms with van der Waals surface area (Å²) >= 11 is 1.91. The van der Waals surface area contributed by atoms with E-state index in [0.717, 1.165) is 25.9 Å². The van der Waals surface area contributed by atoms with Crippen molar-refractivity contribution in [2.45, 2.75) is 56.3 Å². The van der Waals surface area contributed by atoms with Gasteiger partial charge in [-0.3, -0.25) is 0 Å². The third-order valence-corrected chi connectivity index (χ3v) is 3.65. The van der Waals surface area contributed by atoms with E-state index < -0.39 is 0 Å². The smallest absolute Gasteiger partial charge is 0.0205 e. The summed E-state index contributed by atoms with van der Waals surface area (Å²) in [6.45, 7) is 8.50. The van der Waals surface area contributed by atoms with Gasteiger partial charge in [-0.2, -0.15) is 0 Å². The molecule has 1 aromatic rings. The minimum atomic E-state index is 0.319. The Hall–Kier alpha value is -0.510. The first-order chi connectivity index (χ1) is 8.58. The second kappa shape index (κ2) is 8.57. The first kappa shape index (κ1) is 15.5. The zero-order valence-electron chi connectivity index (χ0n) is 11.8. The van der Waals surface area contributed by atoms with E-state index in [0.29, 0.717) is 11.3 Å². The Bertz CT molecular complexity index is 320. The molecule has 0 saturated carbocycles. The molecule has 18 heavy (non-hydrogen) atoms. The molecule has 0 aromatic heterocycles. The van der Waals surface area contributed by atoms with Gasteiger partial charge in [-0.15, -0.1) is 11.8 Å². The van der Waals surface area contributed by atoms with E-state index in [9.17, 15) is 0 Å². The molecule has 0 saturated heterocycles. The van der Waals surface area contributed by atoms with E-state index in [2.05, 4.69) is 50.4 Å². The second-order valence-corrected chi connectivity index (χ2v) is 6.76. The Morgan fingerprint density at radius 2 is 1.83 bits per heavy atom. The average Bonchev–Trinajstić information content (AvgIpc) is 2.30. The number of hydrogen-bond acceptors (Lipinski definition) is 3. The van der Waals surface area contributed by atoms with Gasteiger partial charge in [0.15, 0.2) is 0 Å². The molecule has 0 spiro atoms. The molecule has 0 aliphatic carbocycles. The quantitative estimate of drug-likeness (QED) is 0.559. The van der Waals surface area contributed by atoms with Crippen LogP contribution in [-0.2, 0) is 6.54 Å². The Balaban J connectivity index is 2.22. The van der Waals surface area contributed by atoms with Crippen molar-refractivity contribution in [3.63, 3.8) is 0 Å². The summed E-state index contributed by atoms with van der Waals surface area (Å²) in [7, 11) is 0. The monoisotopic (exact) mass is 266 g/mol. The van der Waals surface area contributed by atoms with Gasteiger partial charge in [-0.25, -0.2) is 0 Å². The molecule has 102 valence electrons. The maximum Gasteiger partial charge on any atom is 0.0205 e. The highest BCUT2D eigenvalue weighted by Gasteiger charge is 1.99. The van der Waals surface area contributed by atoms with E-state index in [-0.39, 0.29) is 0 Å². The van der Waals surface area contributed by atoms with Crippen molar-refractivity contribution in [3.05, 3.63) is 29.8 Å². The fourth-order valence-electron chi connectivity index (χ4n) is 1.74. The molecule has 3 N–H and O–H groups in total. The van der Waals surface area contributed by atoms with Gasteiger partial charge in [0.05, 0.1) is 0 Å². The normalized spacial score (nSPS) is 12.9. The largest absolute Gasteiger partial charge is 0.328 e. The number of rotatable bonds is 8. The standard InChI is InChI=1S/C15H26N2S/c1-12(2)18-15-8-6-14(7-9-15)11-17-10-4-5-13(3)16/h6-9,12-13,17H,4-5,10-11,16H2,1-3H3. The lowest BCUT2D eigenvalue weighted by Crippen LogP contribution is -2.19. The molecule has 3 heteroatoms. The van der Waals surface area contributed by atoms with Gasteiger partial charge in [0, 0.05) is 22.7 Å². The molecule has 0 radical (unpaired) electrons. The summed E-state index contributed by atoms with van der Waals surface area (Å²) in [6, 6.07) is 9.17. The molecular formula is C15H26N2S. The van der Waals surface area contributed by atoms with Gasteiger partial charge in [0.25, 0.3) is 0 Å². The van der Waals surface area contributed by atoms with Crippen LogP contribution in [0.5, 0.6) is 0 Å². The van der Waals surface area contributed by atoms with E-state index >= 15 is 0 Å². The van der Waals surface area contributed by atoms with Crippen LogP contribution in [0.15, 0.2) is 29.2 Å². The number of benzene rings is 1. The zero-order valence-corrected chi connectivity index (χ0v) is 12.6. The topological polar surface area (TPSA) is 38.0 Å². The predicted octanol–water partition coefficient (Wildman–Crippen LogP) is 3.40. The predicted molar refractivity (Wildman–Crippen MR) is 82.0 cm³/mol. The number of hydrogen-bond donors (Lipinski definition) is 2. The van der Waals surface area contributed by atoms with Crippen LogP contribution in [0.1, 0.15) is 39.2 Å². The SMILES string of the molecule is CC(N)CCCNCc1ccc(SC(C)C)cc1.